The molecule has 162 valence electrons. The molecule has 0 aliphatic rings. The second-order valence-electron chi connectivity index (χ2n) is 7.30. The van der Waals surface area contributed by atoms with Crippen LogP contribution >= 0.6 is 0 Å². The molecule has 31 heavy (non-hydrogen) atoms. The Labute approximate surface area is 179 Å². The molecule has 1 amide bonds. The number of aryl methyl sites for hydroxylation is 2. The van der Waals surface area contributed by atoms with Crippen molar-refractivity contribution in [2.75, 3.05) is 6.61 Å². The van der Waals surface area contributed by atoms with Crippen LogP contribution in [0.1, 0.15) is 42.5 Å². The average molecular weight is 423 g/mol. The van der Waals surface area contributed by atoms with E-state index in [1.54, 1.807) is 43.3 Å². The Hall–Kier alpha value is -3.61. The summed E-state index contributed by atoms with van der Waals surface area (Å²) in [7, 11) is 0. The van der Waals surface area contributed by atoms with Crippen LogP contribution in [0.25, 0.3) is 11.0 Å². The fraction of sp³-hybridized carbons (Fsp3) is 0.292. The fourth-order valence-electron chi connectivity index (χ4n) is 3.42. The van der Waals surface area contributed by atoms with E-state index in [9.17, 15) is 19.5 Å². The molecule has 0 aliphatic carbocycles. The van der Waals surface area contributed by atoms with Crippen molar-refractivity contribution in [2.24, 2.45) is 0 Å². The third-order valence-corrected chi connectivity index (χ3v) is 5.04. The van der Waals surface area contributed by atoms with Gasteiger partial charge in [0, 0.05) is 17.0 Å². The van der Waals surface area contributed by atoms with E-state index in [1.807, 2.05) is 6.07 Å². The molecular weight excluding hydrogens is 398 g/mol. The van der Waals surface area contributed by atoms with Crippen LogP contribution in [0.5, 0.6) is 5.75 Å². The number of amides is 1. The predicted molar refractivity (Wildman–Crippen MR) is 116 cm³/mol. The Morgan fingerprint density at radius 2 is 1.90 bits per heavy atom. The summed E-state index contributed by atoms with van der Waals surface area (Å²) in [6.45, 7) is 3.47. The number of benzene rings is 2. The molecule has 3 rings (SSSR count). The molecule has 0 saturated heterocycles. The van der Waals surface area contributed by atoms with Gasteiger partial charge in [-0.1, -0.05) is 43.7 Å². The van der Waals surface area contributed by atoms with Crippen LogP contribution in [-0.4, -0.2) is 23.6 Å². The van der Waals surface area contributed by atoms with Gasteiger partial charge in [-0.2, -0.15) is 0 Å². The topological polar surface area (TPSA) is 106 Å². The van der Waals surface area contributed by atoms with Gasteiger partial charge in [-0.3, -0.25) is 4.79 Å². The van der Waals surface area contributed by atoms with Crippen molar-refractivity contribution < 1.29 is 23.8 Å². The number of aliphatic carboxylic acids is 1. The van der Waals surface area contributed by atoms with Crippen molar-refractivity contribution >= 4 is 22.8 Å². The monoisotopic (exact) mass is 423 g/mol. The minimum atomic E-state index is -1.17. The molecule has 7 heteroatoms. The van der Waals surface area contributed by atoms with Gasteiger partial charge in [0.25, 0.3) is 5.91 Å². The normalized spacial score (nSPS) is 11.8. The molecule has 2 N–H and O–H groups in total. The molecule has 1 unspecified atom stereocenters. The highest BCUT2D eigenvalue weighted by molar-refractivity contribution is 5.86. The third-order valence-electron chi connectivity index (χ3n) is 5.04. The smallest absolute Gasteiger partial charge is 0.336 e. The molecule has 1 heterocycles. The number of rotatable bonds is 9. The number of carboxylic acids is 1. The SMILES string of the molecule is CCCCc1cc(=O)oc2c(C)c(OCC(=O)NC(C(=O)O)c3ccccc3)ccc12. The average Bonchev–Trinajstić information content (AvgIpc) is 2.76. The highest BCUT2D eigenvalue weighted by Gasteiger charge is 2.22. The Kier molecular flexibility index (Phi) is 7.07. The van der Waals surface area contributed by atoms with Gasteiger partial charge in [-0.15, -0.1) is 0 Å². The lowest BCUT2D eigenvalue weighted by Gasteiger charge is -2.16. The second kappa shape index (κ2) is 9.93. The summed E-state index contributed by atoms with van der Waals surface area (Å²) in [5, 5.41) is 12.7. The summed E-state index contributed by atoms with van der Waals surface area (Å²) >= 11 is 0. The number of hydrogen-bond acceptors (Lipinski definition) is 5. The largest absolute Gasteiger partial charge is 0.483 e. The van der Waals surface area contributed by atoms with Crippen molar-refractivity contribution in [3.63, 3.8) is 0 Å². The number of unbranched alkanes of at least 4 members (excludes halogenated alkanes) is 1. The van der Waals surface area contributed by atoms with E-state index in [-0.39, 0.29) is 6.61 Å². The minimum absolute atomic E-state index is 0.372. The van der Waals surface area contributed by atoms with E-state index >= 15 is 0 Å². The Morgan fingerprint density at radius 3 is 2.58 bits per heavy atom. The van der Waals surface area contributed by atoms with Crippen LogP contribution in [0.3, 0.4) is 0 Å². The number of carboxylic acid groups (broad SMARTS) is 1. The molecule has 1 atom stereocenters. The van der Waals surface area contributed by atoms with Crippen LogP contribution in [0.15, 0.2) is 57.7 Å². The molecule has 0 radical (unpaired) electrons. The fourth-order valence-corrected chi connectivity index (χ4v) is 3.42. The van der Waals surface area contributed by atoms with Crippen LogP contribution in [-0.2, 0) is 16.0 Å². The molecule has 1 aromatic heterocycles. The van der Waals surface area contributed by atoms with Crippen molar-refractivity contribution in [1.82, 2.24) is 5.32 Å². The third kappa shape index (κ3) is 5.31. The highest BCUT2D eigenvalue weighted by Crippen LogP contribution is 2.29. The molecule has 0 spiro atoms. The molecule has 3 aromatic rings. The number of ether oxygens (including phenoxy) is 1. The van der Waals surface area contributed by atoms with Crippen molar-refractivity contribution in [2.45, 2.75) is 39.2 Å². The van der Waals surface area contributed by atoms with E-state index in [2.05, 4.69) is 12.2 Å². The maximum atomic E-state index is 12.3. The molecule has 0 aliphatic heterocycles. The Balaban J connectivity index is 1.76. The van der Waals surface area contributed by atoms with Crippen LogP contribution in [0.2, 0.25) is 0 Å². The van der Waals surface area contributed by atoms with E-state index in [0.717, 1.165) is 30.2 Å². The summed E-state index contributed by atoms with van der Waals surface area (Å²) in [4.78, 5) is 35.9. The van der Waals surface area contributed by atoms with E-state index in [1.165, 1.54) is 6.07 Å². The summed E-state index contributed by atoms with van der Waals surface area (Å²) in [6, 6.07) is 12.3. The maximum absolute atomic E-state index is 12.3. The summed E-state index contributed by atoms with van der Waals surface area (Å²) in [5.74, 6) is -1.35. The zero-order valence-electron chi connectivity index (χ0n) is 17.5. The van der Waals surface area contributed by atoms with E-state index in [0.29, 0.717) is 22.5 Å². The summed E-state index contributed by atoms with van der Waals surface area (Å²) < 4.78 is 11.0. The van der Waals surface area contributed by atoms with Gasteiger partial charge in [-0.05, 0) is 43.0 Å². The van der Waals surface area contributed by atoms with Gasteiger partial charge in [-0.25, -0.2) is 9.59 Å². The maximum Gasteiger partial charge on any atom is 0.336 e. The Morgan fingerprint density at radius 1 is 1.16 bits per heavy atom. The number of hydrogen-bond donors (Lipinski definition) is 2. The number of carbonyl (C=O) groups is 2. The van der Waals surface area contributed by atoms with Crippen LogP contribution < -0.4 is 15.7 Å². The Bertz CT molecular complexity index is 1140. The number of nitrogens with one attached hydrogen (secondary N) is 1. The second-order valence-corrected chi connectivity index (χ2v) is 7.30. The molecule has 7 nitrogen and oxygen atoms in total. The predicted octanol–water partition coefficient (Wildman–Crippen LogP) is 3.76. The summed E-state index contributed by atoms with van der Waals surface area (Å²) in [6.07, 6.45) is 2.75. The first-order valence-electron chi connectivity index (χ1n) is 10.2. The molecular formula is C24H25NO6. The van der Waals surface area contributed by atoms with Crippen LogP contribution in [0.4, 0.5) is 0 Å². The summed E-state index contributed by atoms with van der Waals surface area (Å²) in [5.41, 5.74) is 2.01. The molecule has 0 bridgehead atoms. The van der Waals surface area contributed by atoms with E-state index < -0.39 is 23.5 Å². The van der Waals surface area contributed by atoms with Gasteiger partial charge in [0.15, 0.2) is 12.6 Å². The van der Waals surface area contributed by atoms with Crippen molar-refractivity contribution in [1.29, 1.82) is 0 Å². The van der Waals surface area contributed by atoms with Gasteiger partial charge in [0.2, 0.25) is 0 Å². The zero-order valence-corrected chi connectivity index (χ0v) is 17.5. The zero-order chi connectivity index (χ0) is 22.4. The quantitative estimate of drug-likeness (QED) is 0.508. The molecule has 0 saturated carbocycles. The van der Waals surface area contributed by atoms with Gasteiger partial charge in [0.05, 0.1) is 0 Å². The molecule has 0 fully saturated rings. The first-order chi connectivity index (χ1) is 14.9. The van der Waals surface area contributed by atoms with Gasteiger partial charge in [0.1, 0.15) is 11.3 Å². The molecule has 2 aromatic carbocycles. The highest BCUT2D eigenvalue weighted by atomic mass is 16.5. The van der Waals surface area contributed by atoms with Crippen LogP contribution in [0, 0.1) is 6.92 Å². The standard InChI is InChI=1S/C24H25NO6/c1-3-4-8-17-13-21(27)31-23-15(2)19(12-11-18(17)23)30-14-20(26)25-22(24(28)29)16-9-6-5-7-10-16/h5-7,9-13,22H,3-4,8,14H2,1-2H3,(H,25,26)(H,28,29). The van der Waals surface area contributed by atoms with Crippen molar-refractivity contribution in [3.05, 3.63) is 75.6 Å². The first kappa shape index (κ1) is 22.1. The lowest BCUT2D eigenvalue weighted by molar-refractivity contribution is -0.142. The van der Waals surface area contributed by atoms with Crippen molar-refractivity contribution in [3.8, 4) is 5.75 Å². The number of fused-ring (bicyclic) bond motifs is 1. The van der Waals surface area contributed by atoms with E-state index in [4.69, 9.17) is 9.15 Å². The first-order valence-corrected chi connectivity index (χ1v) is 10.2. The lowest BCUT2D eigenvalue weighted by atomic mass is 10.0. The van der Waals surface area contributed by atoms with Gasteiger partial charge < -0.3 is 19.6 Å². The number of carbonyl (C=O) groups excluding carboxylic acids is 1. The minimum Gasteiger partial charge on any atom is -0.483 e. The lowest BCUT2D eigenvalue weighted by Crippen LogP contribution is -2.36. The van der Waals surface area contributed by atoms with Gasteiger partial charge >= 0.3 is 11.6 Å².